The quantitative estimate of drug-likeness (QED) is 0.0131. The number of primary amides is 1. The SMILES string of the molecule is CC(=O)N[C@@H](CS)C(=O)NCC(=O)N[C@@H](Cc1cnc[nH]1)C(=O)N[C@H](Cc1ccc2ccccc2c1)C(=O)N[C@@H](CCCN=C(N)N)C(=O)N[C@@H](Cc1c[nH]c2ccccc12)C(=O)N[C@@H](CS)C(N)=O. The topological polar surface area (TPSA) is 356 Å². The highest BCUT2D eigenvalue weighted by molar-refractivity contribution is 7.80. The monoisotopic (exact) mass is 998 g/mol. The van der Waals surface area contributed by atoms with Gasteiger partial charge in [-0.25, -0.2) is 4.98 Å². The smallest absolute Gasteiger partial charge is 0.243 e. The molecule has 0 fully saturated rings. The first-order chi connectivity index (χ1) is 33.5. The molecular weight excluding hydrogens is 941 g/mol. The summed E-state index contributed by atoms with van der Waals surface area (Å²) in [5, 5.41) is 20.9. The average molecular weight is 999 g/mol. The van der Waals surface area contributed by atoms with Crippen LogP contribution in [-0.4, -0.2) is 129 Å². The van der Waals surface area contributed by atoms with E-state index in [0.29, 0.717) is 16.8 Å². The molecule has 0 bridgehead atoms. The van der Waals surface area contributed by atoms with E-state index in [1.165, 1.54) is 19.4 Å². The fourth-order valence-electron chi connectivity index (χ4n) is 7.41. The number of hydrogen-bond donors (Lipinski definition) is 14. The van der Waals surface area contributed by atoms with Crippen molar-refractivity contribution in [1.82, 2.24) is 52.2 Å². The lowest BCUT2D eigenvalue weighted by Crippen LogP contribution is -2.60. The van der Waals surface area contributed by atoms with Crippen LogP contribution < -0.4 is 54.4 Å². The van der Waals surface area contributed by atoms with Gasteiger partial charge in [0, 0.05) is 73.2 Å². The minimum atomic E-state index is -1.38. The second-order valence-corrected chi connectivity index (χ2v) is 17.0. The van der Waals surface area contributed by atoms with Crippen LogP contribution in [0.25, 0.3) is 21.7 Å². The maximum absolute atomic E-state index is 14.7. The van der Waals surface area contributed by atoms with Crippen LogP contribution in [0, 0.1) is 0 Å². The lowest BCUT2D eigenvalue weighted by Gasteiger charge is -2.27. The standard InChI is InChI=1S/C46H58N14O8S2/c1-25(61)55-38(23-70)41(64)53-21-39(62)56-36(18-30-20-50-24-54-30)45(68)58-34(16-26-12-13-27-7-2-3-8-28(27)15-26)43(66)57-33(11-6-14-51-46(48)49)42(65)59-35(44(67)60-37(22-69)40(47)63)17-29-19-52-32-10-5-4-9-31(29)32/h2-5,7-10,12-13,15,19-20,24,33-38,52,69-70H,6,11,14,16-18,21-23H2,1H3,(H2,47,63)(H,50,54)(H,53,64)(H,55,61)(H,56,62)(H,57,66)(H,58,68)(H,59,65)(H,60,67)(H4,48,49,51)/t33-,34+,35-,36-,37-,38-/m0/s1. The van der Waals surface area contributed by atoms with Crippen LogP contribution in [-0.2, 0) is 57.6 Å². The lowest BCUT2D eigenvalue weighted by molar-refractivity contribution is -0.135. The summed E-state index contributed by atoms with van der Waals surface area (Å²) in [6.07, 6.45) is 4.38. The van der Waals surface area contributed by atoms with E-state index in [9.17, 15) is 38.4 Å². The van der Waals surface area contributed by atoms with Gasteiger partial charge in [-0.1, -0.05) is 60.7 Å². The molecule has 2 heterocycles. The molecule has 0 saturated carbocycles. The maximum atomic E-state index is 14.7. The number of aromatic nitrogens is 3. The van der Waals surface area contributed by atoms with Gasteiger partial charge in [-0.15, -0.1) is 0 Å². The third-order valence-corrected chi connectivity index (χ3v) is 11.7. The zero-order chi connectivity index (χ0) is 50.7. The summed E-state index contributed by atoms with van der Waals surface area (Å²) >= 11 is 8.25. The first-order valence-corrected chi connectivity index (χ1v) is 23.4. The molecule has 0 aliphatic carbocycles. The molecule has 5 aromatic rings. The van der Waals surface area contributed by atoms with Crippen molar-refractivity contribution < 1.29 is 38.4 Å². The minimum absolute atomic E-state index is 0.0484. The van der Waals surface area contributed by atoms with E-state index in [0.717, 1.165) is 21.7 Å². The van der Waals surface area contributed by atoms with Crippen LogP contribution in [0.3, 0.4) is 0 Å². The van der Waals surface area contributed by atoms with Gasteiger partial charge in [-0.05, 0) is 40.8 Å². The van der Waals surface area contributed by atoms with Crippen molar-refractivity contribution in [2.24, 2.45) is 22.2 Å². The Labute approximate surface area is 413 Å². The Balaban J connectivity index is 1.44. The van der Waals surface area contributed by atoms with Crippen molar-refractivity contribution >= 4 is 100 Å². The molecule has 70 heavy (non-hydrogen) atoms. The van der Waals surface area contributed by atoms with Crippen LogP contribution in [0.5, 0.6) is 0 Å². The number of aliphatic imine (C=N–C) groups is 1. The average Bonchev–Trinajstić information content (AvgIpc) is 4.01. The van der Waals surface area contributed by atoms with Crippen LogP contribution in [0.2, 0.25) is 0 Å². The summed E-state index contributed by atoms with van der Waals surface area (Å²) in [6.45, 7) is 0.717. The van der Waals surface area contributed by atoms with Crippen molar-refractivity contribution in [3.63, 3.8) is 0 Å². The Morgan fingerprint density at radius 3 is 1.91 bits per heavy atom. The van der Waals surface area contributed by atoms with E-state index < -0.39 is 90.1 Å². The molecule has 6 atom stereocenters. The van der Waals surface area contributed by atoms with Gasteiger partial charge < -0.3 is 64.4 Å². The molecule has 0 aliphatic rings. The number of aromatic amines is 2. The molecule has 24 heteroatoms. The number of fused-ring (bicyclic) bond motifs is 2. The number of hydrogen-bond acceptors (Lipinski definition) is 12. The third kappa shape index (κ3) is 16.0. The van der Waals surface area contributed by atoms with Gasteiger partial charge in [0.25, 0.3) is 0 Å². The van der Waals surface area contributed by atoms with E-state index in [2.05, 4.69) is 82.4 Å². The van der Waals surface area contributed by atoms with Crippen molar-refractivity contribution in [2.75, 3.05) is 24.6 Å². The number of rotatable bonds is 26. The Morgan fingerprint density at radius 2 is 1.27 bits per heavy atom. The third-order valence-electron chi connectivity index (χ3n) is 11.0. The molecule has 0 aliphatic heterocycles. The number of amides is 8. The van der Waals surface area contributed by atoms with Crippen LogP contribution in [0.15, 0.2) is 90.4 Å². The molecule has 372 valence electrons. The van der Waals surface area contributed by atoms with E-state index in [1.807, 2.05) is 60.7 Å². The second-order valence-electron chi connectivity index (χ2n) is 16.3. The molecule has 5 rings (SSSR count). The summed E-state index contributed by atoms with van der Waals surface area (Å²) in [5.41, 5.74) is 19.2. The van der Waals surface area contributed by atoms with E-state index >= 15 is 0 Å². The Bertz CT molecular complexity index is 2670. The summed E-state index contributed by atoms with van der Waals surface area (Å²) in [5.74, 6) is -6.30. The van der Waals surface area contributed by atoms with Gasteiger partial charge in [0.2, 0.25) is 47.3 Å². The lowest BCUT2D eigenvalue weighted by atomic mass is 9.99. The fourth-order valence-corrected chi connectivity index (χ4v) is 7.94. The zero-order valence-electron chi connectivity index (χ0n) is 38.2. The summed E-state index contributed by atoms with van der Waals surface area (Å²) in [7, 11) is 0. The van der Waals surface area contributed by atoms with Gasteiger partial charge in [0.15, 0.2) is 5.96 Å². The molecule has 0 radical (unpaired) electrons. The predicted octanol–water partition coefficient (Wildman–Crippen LogP) is -1.48. The highest BCUT2D eigenvalue weighted by Gasteiger charge is 2.33. The number of guanidine groups is 1. The van der Waals surface area contributed by atoms with Gasteiger partial charge in [-0.2, -0.15) is 25.3 Å². The molecule has 0 unspecified atom stereocenters. The van der Waals surface area contributed by atoms with Crippen molar-refractivity contribution in [3.8, 4) is 0 Å². The van der Waals surface area contributed by atoms with Crippen molar-refractivity contribution in [2.45, 2.75) is 75.3 Å². The van der Waals surface area contributed by atoms with Crippen molar-refractivity contribution in [1.29, 1.82) is 0 Å². The first kappa shape index (κ1) is 53.4. The first-order valence-electron chi connectivity index (χ1n) is 22.2. The summed E-state index contributed by atoms with van der Waals surface area (Å²) in [6, 6.07) is 12.8. The molecule has 2 aromatic heterocycles. The molecule has 15 N–H and O–H groups in total. The molecule has 0 spiro atoms. The summed E-state index contributed by atoms with van der Waals surface area (Å²) in [4.78, 5) is 121. The largest absolute Gasteiger partial charge is 0.370 e. The predicted molar refractivity (Wildman–Crippen MR) is 269 cm³/mol. The van der Waals surface area contributed by atoms with Crippen LogP contribution >= 0.6 is 25.3 Å². The normalized spacial score (nSPS) is 13.6. The van der Waals surface area contributed by atoms with Crippen LogP contribution in [0.4, 0.5) is 0 Å². The Kier molecular flexibility index (Phi) is 20.0. The zero-order valence-corrected chi connectivity index (χ0v) is 40.0. The number of carbonyl (C=O) groups is 8. The highest BCUT2D eigenvalue weighted by Crippen LogP contribution is 2.20. The number of H-pyrrole nitrogens is 2. The number of benzene rings is 3. The van der Waals surface area contributed by atoms with E-state index in [-0.39, 0.29) is 56.1 Å². The molecule has 22 nitrogen and oxygen atoms in total. The Hall–Kier alpha value is -7.60. The number of imidazole rings is 1. The van der Waals surface area contributed by atoms with Crippen LogP contribution in [0.1, 0.15) is 36.6 Å². The fraction of sp³-hybridized carbons (Fsp3) is 0.348. The van der Waals surface area contributed by atoms with Gasteiger partial charge in [-0.3, -0.25) is 43.3 Å². The van der Waals surface area contributed by atoms with E-state index in [1.54, 1.807) is 12.3 Å². The summed E-state index contributed by atoms with van der Waals surface area (Å²) < 4.78 is 0. The highest BCUT2D eigenvalue weighted by atomic mass is 32.1. The molecular formula is C46H58N14O8S2. The molecule has 0 saturated heterocycles. The number of para-hydroxylation sites is 1. The number of nitrogens with zero attached hydrogens (tertiary/aromatic N) is 2. The van der Waals surface area contributed by atoms with Gasteiger partial charge in [0.05, 0.1) is 12.9 Å². The number of thiol groups is 2. The van der Waals surface area contributed by atoms with Gasteiger partial charge in [0.1, 0.15) is 36.3 Å². The molecule has 3 aromatic carbocycles. The van der Waals surface area contributed by atoms with Crippen molar-refractivity contribution in [3.05, 3.63) is 102 Å². The van der Waals surface area contributed by atoms with Gasteiger partial charge >= 0.3 is 0 Å². The maximum Gasteiger partial charge on any atom is 0.243 e. The Morgan fingerprint density at radius 1 is 0.657 bits per heavy atom. The number of nitrogens with two attached hydrogens (primary N) is 3. The number of nitrogens with one attached hydrogen (secondary N) is 9. The number of carbonyl (C=O) groups excluding carboxylic acids is 8. The molecule has 8 amide bonds. The van der Waals surface area contributed by atoms with E-state index in [4.69, 9.17) is 17.2 Å². The second kappa shape index (κ2) is 26.2. The minimum Gasteiger partial charge on any atom is -0.370 e.